The van der Waals surface area contributed by atoms with Crippen LogP contribution in [0.15, 0.2) is 0 Å². The maximum Gasteiger partial charge on any atom is 0.0499 e. The highest BCUT2D eigenvalue weighted by atomic mass is 16.3. The smallest absolute Gasteiger partial charge is 0.0499 e. The zero-order valence-corrected chi connectivity index (χ0v) is 11.8. The normalized spacial score (nSPS) is 44.1. The molecular weight excluding hydrogens is 210 g/mol. The monoisotopic (exact) mass is 239 g/mol. The molecule has 1 saturated carbocycles. The fourth-order valence-electron chi connectivity index (χ4n) is 3.59. The van der Waals surface area contributed by atoms with Crippen molar-refractivity contribution in [2.75, 3.05) is 26.2 Å². The van der Waals surface area contributed by atoms with Crippen LogP contribution in [0.4, 0.5) is 0 Å². The van der Waals surface area contributed by atoms with Crippen LogP contribution in [-0.4, -0.2) is 36.2 Å². The first kappa shape index (κ1) is 13.4. The Labute approximate surface area is 106 Å². The minimum absolute atomic E-state index is 0.219. The summed E-state index contributed by atoms with van der Waals surface area (Å²) in [4.78, 5) is 2.60. The van der Waals surface area contributed by atoms with Crippen LogP contribution in [0.1, 0.15) is 46.5 Å². The average molecular weight is 239 g/mol. The number of hydrogen-bond donors (Lipinski definition) is 1. The molecule has 1 heterocycles. The third-order valence-corrected chi connectivity index (χ3v) is 5.29. The summed E-state index contributed by atoms with van der Waals surface area (Å²) in [7, 11) is 0. The lowest BCUT2D eigenvalue weighted by Crippen LogP contribution is -2.41. The Morgan fingerprint density at radius 1 is 1.06 bits per heavy atom. The number of aliphatic hydroxyl groups excluding tert-OH is 1. The lowest BCUT2D eigenvalue weighted by atomic mass is 9.71. The van der Waals surface area contributed by atoms with E-state index in [0.717, 1.165) is 24.3 Å². The molecular formula is C15H29NO. The van der Waals surface area contributed by atoms with Crippen LogP contribution in [0.3, 0.4) is 0 Å². The number of aliphatic hydroxyl groups is 1. The van der Waals surface area contributed by atoms with E-state index < -0.39 is 0 Å². The van der Waals surface area contributed by atoms with Crippen LogP contribution < -0.4 is 0 Å². The molecule has 2 atom stereocenters. The molecule has 0 aromatic heterocycles. The van der Waals surface area contributed by atoms with Gasteiger partial charge in [-0.1, -0.05) is 33.6 Å². The van der Waals surface area contributed by atoms with E-state index in [1.807, 2.05) is 0 Å². The van der Waals surface area contributed by atoms with E-state index in [1.54, 1.807) is 0 Å². The van der Waals surface area contributed by atoms with Crippen LogP contribution in [-0.2, 0) is 0 Å². The van der Waals surface area contributed by atoms with Gasteiger partial charge in [0.15, 0.2) is 0 Å². The van der Waals surface area contributed by atoms with Crippen molar-refractivity contribution in [3.05, 3.63) is 0 Å². The predicted octanol–water partition coefficient (Wildman–Crippen LogP) is 2.76. The summed E-state index contributed by atoms with van der Waals surface area (Å²) < 4.78 is 0. The molecule has 0 bridgehead atoms. The van der Waals surface area contributed by atoms with Crippen molar-refractivity contribution in [2.24, 2.45) is 23.2 Å². The highest BCUT2D eigenvalue weighted by Gasteiger charge is 2.37. The van der Waals surface area contributed by atoms with Gasteiger partial charge in [-0.25, -0.2) is 0 Å². The van der Waals surface area contributed by atoms with Crippen molar-refractivity contribution < 1.29 is 5.11 Å². The summed E-state index contributed by atoms with van der Waals surface area (Å²) in [5.74, 6) is 2.52. The first-order chi connectivity index (χ1) is 8.04. The molecule has 2 aliphatic rings. The second kappa shape index (κ2) is 5.27. The summed E-state index contributed by atoms with van der Waals surface area (Å²) in [5.41, 5.74) is 0.219. The zero-order chi connectivity index (χ0) is 12.5. The van der Waals surface area contributed by atoms with Gasteiger partial charge in [0, 0.05) is 31.7 Å². The number of nitrogens with zero attached hydrogens (tertiary/aromatic N) is 1. The summed E-state index contributed by atoms with van der Waals surface area (Å²) in [6.07, 6.45) is 5.06. The maximum absolute atomic E-state index is 9.79. The average Bonchev–Trinajstić information content (AvgIpc) is 2.62. The lowest BCUT2D eigenvalue weighted by molar-refractivity contribution is 0.0346. The highest BCUT2D eigenvalue weighted by Crippen LogP contribution is 2.40. The van der Waals surface area contributed by atoms with E-state index in [9.17, 15) is 5.11 Å². The quantitative estimate of drug-likeness (QED) is 0.818. The van der Waals surface area contributed by atoms with Crippen molar-refractivity contribution >= 4 is 0 Å². The first-order valence-corrected chi connectivity index (χ1v) is 7.38. The largest absolute Gasteiger partial charge is 0.396 e. The Morgan fingerprint density at radius 2 is 1.59 bits per heavy atom. The molecule has 2 fully saturated rings. The minimum Gasteiger partial charge on any atom is -0.396 e. The number of hydrogen-bond acceptors (Lipinski definition) is 2. The topological polar surface area (TPSA) is 23.5 Å². The minimum atomic E-state index is 0.219. The third-order valence-electron chi connectivity index (χ3n) is 5.29. The number of likely N-dealkylation sites (tertiary alicyclic amines) is 1. The molecule has 1 aliphatic carbocycles. The van der Waals surface area contributed by atoms with Crippen LogP contribution in [0.25, 0.3) is 0 Å². The summed E-state index contributed by atoms with van der Waals surface area (Å²) >= 11 is 0. The molecule has 1 N–H and O–H groups in total. The van der Waals surface area contributed by atoms with E-state index in [4.69, 9.17) is 0 Å². The van der Waals surface area contributed by atoms with Crippen molar-refractivity contribution in [2.45, 2.75) is 46.5 Å². The van der Waals surface area contributed by atoms with Crippen LogP contribution in [0.2, 0.25) is 0 Å². The van der Waals surface area contributed by atoms with Crippen LogP contribution in [0.5, 0.6) is 0 Å². The Bertz CT molecular complexity index is 235. The predicted molar refractivity (Wildman–Crippen MR) is 71.9 cm³/mol. The molecule has 0 radical (unpaired) electrons. The van der Waals surface area contributed by atoms with Crippen molar-refractivity contribution in [1.82, 2.24) is 4.90 Å². The molecule has 0 aromatic carbocycles. The standard InChI is InChI=1S/C15H29NO/c1-12-4-6-15(11-17,7-5-12)10-16-8-13(2)14(3)9-16/h12-14,17H,4-11H2,1-3H3. The summed E-state index contributed by atoms with van der Waals surface area (Å²) in [6.45, 7) is 11.1. The Morgan fingerprint density at radius 3 is 2.06 bits per heavy atom. The Hall–Kier alpha value is -0.0800. The first-order valence-electron chi connectivity index (χ1n) is 7.38. The van der Waals surface area contributed by atoms with E-state index in [0.29, 0.717) is 6.61 Å². The molecule has 17 heavy (non-hydrogen) atoms. The molecule has 2 nitrogen and oxygen atoms in total. The Kier molecular flexibility index (Phi) is 4.14. The zero-order valence-electron chi connectivity index (χ0n) is 11.8. The molecule has 1 saturated heterocycles. The van der Waals surface area contributed by atoms with Gasteiger partial charge >= 0.3 is 0 Å². The summed E-state index contributed by atoms with van der Waals surface area (Å²) in [5, 5.41) is 9.79. The molecule has 1 aliphatic heterocycles. The molecule has 0 spiro atoms. The number of rotatable bonds is 3. The van der Waals surface area contributed by atoms with Crippen LogP contribution in [0, 0.1) is 23.2 Å². The molecule has 2 heteroatoms. The fourth-order valence-corrected chi connectivity index (χ4v) is 3.59. The molecule has 100 valence electrons. The van der Waals surface area contributed by atoms with Gasteiger partial charge in [-0.2, -0.15) is 0 Å². The van der Waals surface area contributed by atoms with E-state index >= 15 is 0 Å². The van der Waals surface area contributed by atoms with Crippen molar-refractivity contribution in [3.8, 4) is 0 Å². The van der Waals surface area contributed by atoms with E-state index in [-0.39, 0.29) is 5.41 Å². The van der Waals surface area contributed by atoms with Gasteiger partial charge in [0.1, 0.15) is 0 Å². The molecule has 2 unspecified atom stereocenters. The van der Waals surface area contributed by atoms with Gasteiger partial charge in [-0.3, -0.25) is 0 Å². The highest BCUT2D eigenvalue weighted by molar-refractivity contribution is 4.90. The molecule has 0 aromatic rings. The van der Waals surface area contributed by atoms with Gasteiger partial charge < -0.3 is 10.0 Å². The van der Waals surface area contributed by atoms with Gasteiger partial charge in [0.25, 0.3) is 0 Å². The van der Waals surface area contributed by atoms with Gasteiger partial charge in [-0.05, 0) is 30.6 Å². The second-order valence-corrected chi connectivity index (χ2v) is 6.99. The summed E-state index contributed by atoms with van der Waals surface area (Å²) in [6, 6.07) is 0. The Balaban J connectivity index is 1.91. The molecule has 2 rings (SSSR count). The SMILES string of the molecule is CC1CCC(CO)(CN2CC(C)C(C)C2)CC1. The van der Waals surface area contributed by atoms with Crippen molar-refractivity contribution in [1.29, 1.82) is 0 Å². The van der Waals surface area contributed by atoms with E-state index in [2.05, 4.69) is 25.7 Å². The fraction of sp³-hybridized carbons (Fsp3) is 1.00. The maximum atomic E-state index is 9.79. The second-order valence-electron chi connectivity index (χ2n) is 6.99. The van der Waals surface area contributed by atoms with Crippen molar-refractivity contribution in [3.63, 3.8) is 0 Å². The third kappa shape index (κ3) is 3.03. The van der Waals surface area contributed by atoms with E-state index in [1.165, 1.54) is 38.8 Å². The lowest BCUT2D eigenvalue weighted by Gasteiger charge is -2.40. The van der Waals surface area contributed by atoms with Crippen LogP contribution >= 0.6 is 0 Å². The van der Waals surface area contributed by atoms with Gasteiger partial charge in [-0.15, -0.1) is 0 Å². The van der Waals surface area contributed by atoms with Gasteiger partial charge in [0.2, 0.25) is 0 Å². The van der Waals surface area contributed by atoms with Gasteiger partial charge in [0.05, 0.1) is 0 Å². The molecule has 0 amide bonds.